The van der Waals surface area contributed by atoms with Crippen molar-refractivity contribution in [1.29, 1.82) is 0 Å². The van der Waals surface area contributed by atoms with Gasteiger partial charge in [-0.15, -0.1) is 0 Å². The highest BCUT2D eigenvalue weighted by molar-refractivity contribution is 6.30. The standard InChI is InChI=1S/C27H29ClN2O2/c1-18(2)25(29-26(31)24-9-5-7-21-6-3-4-8-23(21)24)27(32)30-16-14-20(15-17-30)19-10-12-22(28)13-11-19/h3-13,18,20,25H,14-17H2,1-2H3,(H,29,31). The number of fused-ring (bicyclic) bond motifs is 1. The first-order chi connectivity index (χ1) is 15.4. The van der Waals surface area contributed by atoms with E-state index in [-0.39, 0.29) is 17.7 Å². The van der Waals surface area contributed by atoms with Crippen LogP contribution in [0.5, 0.6) is 0 Å². The summed E-state index contributed by atoms with van der Waals surface area (Å²) in [5.74, 6) is 0.225. The highest BCUT2D eigenvalue weighted by Crippen LogP contribution is 2.29. The number of amides is 2. The first-order valence-electron chi connectivity index (χ1n) is 11.3. The molecule has 3 aromatic rings. The van der Waals surface area contributed by atoms with Gasteiger partial charge in [0.05, 0.1) is 0 Å². The van der Waals surface area contributed by atoms with Gasteiger partial charge in [-0.1, -0.05) is 74.0 Å². The molecule has 32 heavy (non-hydrogen) atoms. The van der Waals surface area contributed by atoms with Crippen molar-refractivity contribution < 1.29 is 9.59 Å². The molecule has 0 aliphatic carbocycles. The fourth-order valence-corrected chi connectivity index (χ4v) is 4.65. The number of rotatable bonds is 5. The van der Waals surface area contributed by atoms with Gasteiger partial charge in [0, 0.05) is 23.7 Å². The van der Waals surface area contributed by atoms with Gasteiger partial charge in [0.25, 0.3) is 5.91 Å². The zero-order chi connectivity index (χ0) is 22.7. The van der Waals surface area contributed by atoms with Gasteiger partial charge >= 0.3 is 0 Å². The van der Waals surface area contributed by atoms with E-state index < -0.39 is 6.04 Å². The summed E-state index contributed by atoms with van der Waals surface area (Å²) < 4.78 is 0. The summed E-state index contributed by atoms with van der Waals surface area (Å²) in [6.45, 7) is 5.35. The Bertz CT molecular complexity index is 1100. The van der Waals surface area contributed by atoms with E-state index in [0.717, 1.165) is 28.6 Å². The molecule has 1 aliphatic heterocycles. The van der Waals surface area contributed by atoms with E-state index in [9.17, 15) is 9.59 Å². The molecule has 4 rings (SSSR count). The first-order valence-corrected chi connectivity index (χ1v) is 11.6. The maximum Gasteiger partial charge on any atom is 0.252 e. The Hall–Kier alpha value is -2.85. The topological polar surface area (TPSA) is 49.4 Å². The largest absolute Gasteiger partial charge is 0.341 e. The average Bonchev–Trinajstić information content (AvgIpc) is 2.82. The molecule has 3 aromatic carbocycles. The lowest BCUT2D eigenvalue weighted by Gasteiger charge is -2.35. The van der Waals surface area contributed by atoms with Crippen LogP contribution < -0.4 is 5.32 Å². The van der Waals surface area contributed by atoms with E-state index >= 15 is 0 Å². The van der Waals surface area contributed by atoms with Gasteiger partial charge in [0.2, 0.25) is 5.91 Å². The summed E-state index contributed by atoms with van der Waals surface area (Å²) in [6, 6.07) is 20.9. The number of carbonyl (C=O) groups is 2. The molecule has 1 saturated heterocycles. The number of benzene rings is 3. The number of likely N-dealkylation sites (tertiary alicyclic amines) is 1. The van der Waals surface area contributed by atoms with Crippen LogP contribution in [0.4, 0.5) is 0 Å². The van der Waals surface area contributed by atoms with Crippen LogP contribution in [0.1, 0.15) is 48.5 Å². The summed E-state index contributed by atoms with van der Waals surface area (Å²) >= 11 is 6.01. The molecule has 2 amide bonds. The lowest BCUT2D eigenvalue weighted by Crippen LogP contribution is -2.52. The monoisotopic (exact) mass is 448 g/mol. The first kappa shape index (κ1) is 22.3. The van der Waals surface area contributed by atoms with E-state index in [2.05, 4.69) is 17.4 Å². The molecule has 1 fully saturated rings. The fourth-order valence-electron chi connectivity index (χ4n) is 4.52. The van der Waals surface area contributed by atoms with Gasteiger partial charge in [0.1, 0.15) is 6.04 Å². The summed E-state index contributed by atoms with van der Waals surface area (Å²) in [4.78, 5) is 28.4. The third-order valence-corrected chi connectivity index (χ3v) is 6.65. The van der Waals surface area contributed by atoms with Crippen molar-refractivity contribution in [2.75, 3.05) is 13.1 Å². The van der Waals surface area contributed by atoms with Crippen LogP contribution in [0.15, 0.2) is 66.7 Å². The molecule has 1 aliphatic rings. The van der Waals surface area contributed by atoms with Crippen molar-refractivity contribution in [2.45, 2.75) is 38.6 Å². The van der Waals surface area contributed by atoms with E-state index in [1.54, 1.807) is 0 Å². The zero-order valence-corrected chi connectivity index (χ0v) is 19.3. The van der Waals surface area contributed by atoms with Crippen LogP contribution >= 0.6 is 11.6 Å². The summed E-state index contributed by atoms with van der Waals surface area (Å²) in [5, 5.41) is 5.67. The second-order valence-corrected chi connectivity index (χ2v) is 9.31. The molecule has 0 aromatic heterocycles. The molecular weight excluding hydrogens is 420 g/mol. The third kappa shape index (κ3) is 4.81. The molecule has 0 spiro atoms. The van der Waals surface area contributed by atoms with Crippen LogP contribution in [0.2, 0.25) is 5.02 Å². The maximum atomic E-state index is 13.4. The number of halogens is 1. The summed E-state index contributed by atoms with van der Waals surface area (Å²) in [6.07, 6.45) is 1.82. The predicted molar refractivity (Wildman–Crippen MR) is 130 cm³/mol. The average molecular weight is 449 g/mol. The highest BCUT2D eigenvalue weighted by Gasteiger charge is 2.32. The number of nitrogens with zero attached hydrogens (tertiary/aromatic N) is 1. The lowest BCUT2D eigenvalue weighted by molar-refractivity contribution is -0.135. The number of nitrogens with one attached hydrogen (secondary N) is 1. The van der Waals surface area contributed by atoms with E-state index in [0.29, 0.717) is 24.6 Å². The molecule has 1 unspecified atom stereocenters. The Balaban J connectivity index is 1.44. The quantitative estimate of drug-likeness (QED) is 0.548. The van der Waals surface area contributed by atoms with Crippen LogP contribution in [-0.4, -0.2) is 35.8 Å². The summed E-state index contributed by atoms with van der Waals surface area (Å²) in [7, 11) is 0. The normalized spacial score (nSPS) is 15.7. The molecule has 5 heteroatoms. The Morgan fingerprint density at radius 2 is 1.59 bits per heavy atom. The van der Waals surface area contributed by atoms with Crippen LogP contribution in [0, 0.1) is 5.92 Å². The second-order valence-electron chi connectivity index (χ2n) is 8.87. The minimum Gasteiger partial charge on any atom is -0.341 e. The van der Waals surface area contributed by atoms with Crippen molar-refractivity contribution in [3.05, 3.63) is 82.9 Å². The number of hydrogen-bond donors (Lipinski definition) is 1. The zero-order valence-electron chi connectivity index (χ0n) is 18.6. The summed E-state index contributed by atoms with van der Waals surface area (Å²) in [5.41, 5.74) is 1.87. The number of piperidine rings is 1. The van der Waals surface area contributed by atoms with Crippen molar-refractivity contribution in [3.63, 3.8) is 0 Å². The SMILES string of the molecule is CC(C)C(NC(=O)c1cccc2ccccc12)C(=O)N1CCC(c2ccc(Cl)cc2)CC1. The van der Waals surface area contributed by atoms with Gasteiger partial charge in [-0.3, -0.25) is 9.59 Å². The van der Waals surface area contributed by atoms with Crippen molar-refractivity contribution in [3.8, 4) is 0 Å². The molecule has 0 bridgehead atoms. The molecule has 4 nitrogen and oxygen atoms in total. The molecule has 0 radical (unpaired) electrons. The van der Waals surface area contributed by atoms with Gasteiger partial charge in [-0.25, -0.2) is 0 Å². The second kappa shape index (κ2) is 9.74. The van der Waals surface area contributed by atoms with Gasteiger partial charge in [0.15, 0.2) is 0 Å². The maximum absolute atomic E-state index is 13.4. The molecule has 1 heterocycles. The molecule has 1 atom stereocenters. The number of carbonyl (C=O) groups excluding carboxylic acids is 2. The smallest absolute Gasteiger partial charge is 0.252 e. The molecular formula is C27H29ClN2O2. The highest BCUT2D eigenvalue weighted by atomic mass is 35.5. The van der Waals surface area contributed by atoms with Crippen LogP contribution in [0.25, 0.3) is 10.8 Å². The Kier molecular flexibility index (Phi) is 6.80. The third-order valence-electron chi connectivity index (χ3n) is 6.40. The molecule has 166 valence electrons. The molecule has 1 N–H and O–H groups in total. The number of hydrogen-bond acceptors (Lipinski definition) is 2. The van der Waals surface area contributed by atoms with Crippen LogP contribution in [-0.2, 0) is 4.79 Å². The fraction of sp³-hybridized carbons (Fsp3) is 0.333. The Morgan fingerprint density at radius 3 is 2.28 bits per heavy atom. The Morgan fingerprint density at radius 1 is 0.938 bits per heavy atom. The predicted octanol–water partition coefficient (Wildman–Crippen LogP) is 5.65. The van der Waals surface area contributed by atoms with E-state index in [1.165, 1.54) is 5.56 Å². The van der Waals surface area contributed by atoms with E-state index in [4.69, 9.17) is 11.6 Å². The van der Waals surface area contributed by atoms with Crippen molar-refractivity contribution in [2.24, 2.45) is 5.92 Å². The minimum absolute atomic E-state index is 0.00291. The van der Waals surface area contributed by atoms with E-state index in [1.807, 2.05) is 73.3 Å². The minimum atomic E-state index is -0.548. The lowest BCUT2D eigenvalue weighted by atomic mass is 9.89. The van der Waals surface area contributed by atoms with Gasteiger partial charge in [-0.05, 0) is 59.2 Å². The molecule has 0 saturated carbocycles. The van der Waals surface area contributed by atoms with Gasteiger partial charge < -0.3 is 10.2 Å². The Labute approximate surface area is 194 Å². The van der Waals surface area contributed by atoms with Crippen LogP contribution in [0.3, 0.4) is 0 Å². The van der Waals surface area contributed by atoms with Crippen molar-refractivity contribution in [1.82, 2.24) is 10.2 Å². The van der Waals surface area contributed by atoms with Gasteiger partial charge in [-0.2, -0.15) is 0 Å². The van der Waals surface area contributed by atoms with Crippen molar-refractivity contribution >= 4 is 34.2 Å².